The van der Waals surface area contributed by atoms with E-state index in [2.05, 4.69) is 9.83 Å². The van der Waals surface area contributed by atoms with Crippen LogP contribution in [-0.2, 0) is 6.42 Å². The first-order valence-electron chi connectivity index (χ1n) is 4.22. The Morgan fingerprint density at radius 2 is 2.21 bits per heavy atom. The summed E-state index contributed by atoms with van der Waals surface area (Å²) in [5, 5.41) is 0. The molecule has 0 spiro atoms. The van der Waals surface area contributed by atoms with Gasteiger partial charge in [0.25, 0.3) is 0 Å². The van der Waals surface area contributed by atoms with E-state index in [1.54, 1.807) is 26.5 Å². The van der Waals surface area contributed by atoms with Crippen LogP contribution in [0.3, 0.4) is 0 Å². The minimum Gasteiger partial charge on any atom is -0.496 e. The first-order valence-corrected chi connectivity index (χ1v) is 4.22. The highest BCUT2D eigenvalue weighted by Gasteiger charge is 2.11. The molecule has 0 saturated heterocycles. The van der Waals surface area contributed by atoms with E-state index in [-0.39, 0.29) is 0 Å². The van der Waals surface area contributed by atoms with Crippen molar-refractivity contribution in [2.75, 3.05) is 20.8 Å². The number of hydrogen-bond acceptors (Lipinski definition) is 3. The molecule has 0 aromatic carbocycles. The molecule has 14 heavy (non-hydrogen) atoms. The fraction of sp³-hybridized carbons (Fsp3) is 0.400. The van der Waals surface area contributed by atoms with Crippen LogP contribution in [0.2, 0.25) is 0 Å². The van der Waals surface area contributed by atoms with Crippen LogP contribution in [0.4, 0.5) is 0 Å². The van der Waals surface area contributed by atoms with E-state index < -0.39 is 0 Å². The summed E-state index contributed by atoms with van der Waals surface area (Å²) in [6.07, 6.45) is 2.22. The molecular weight excluding hydrogens is 180 g/mol. The van der Waals surface area contributed by atoms with E-state index in [1.165, 1.54) is 0 Å². The summed E-state index contributed by atoms with van der Waals surface area (Å²) in [4.78, 5) is 7.35. The topological polar surface area (TPSA) is 35.7 Å². The zero-order chi connectivity index (χ0) is 10.4. The van der Waals surface area contributed by atoms with Gasteiger partial charge in [0.05, 0.1) is 26.2 Å². The maximum Gasteiger partial charge on any atom is 0.220 e. The predicted octanol–water partition coefficient (Wildman–Crippen LogP) is 1.56. The van der Waals surface area contributed by atoms with Crippen LogP contribution in [0.15, 0.2) is 12.3 Å². The minimum atomic E-state index is 0.415. The van der Waals surface area contributed by atoms with Crippen molar-refractivity contribution in [2.24, 2.45) is 0 Å². The van der Waals surface area contributed by atoms with Crippen molar-refractivity contribution >= 4 is 0 Å². The molecule has 4 nitrogen and oxygen atoms in total. The maximum atomic E-state index is 6.73. The highest BCUT2D eigenvalue weighted by atomic mass is 16.5. The first-order chi connectivity index (χ1) is 6.83. The number of nitrogens with zero attached hydrogens (tertiary/aromatic N) is 2. The monoisotopic (exact) mass is 192 g/mol. The molecule has 1 aromatic rings. The summed E-state index contributed by atoms with van der Waals surface area (Å²) in [7, 11) is 3.15. The second-order valence-corrected chi connectivity index (χ2v) is 2.63. The number of pyridine rings is 1. The highest BCUT2D eigenvalue weighted by Crippen LogP contribution is 2.26. The lowest BCUT2D eigenvalue weighted by atomic mass is 10.2. The van der Waals surface area contributed by atoms with Crippen molar-refractivity contribution in [3.05, 3.63) is 29.2 Å². The van der Waals surface area contributed by atoms with E-state index in [0.29, 0.717) is 18.8 Å². The number of rotatable bonds is 4. The lowest BCUT2D eigenvalue weighted by molar-refractivity contribution is 0.374. The van der Waals surface area contributed by atoms with Gasteiger partial charge < -0.3 is 14.3 Å². The molecule has 1 aromatic heterocycles. The van der Waals surface area contributed by atoms with Crippen LogP contribution < -0.4 is 9.47 Å². The number of aromatic nitrogens is 1. The van der Waals surface area contributed by atoms with Gasteiger partial charge in [-0.3, -0.25) is 0 Å². The summed E-state index contributed by atoms with van der Waals surface area (Å²) in [6.45, 7) is 7.15. The first kappa shape index (κ1) is 10.3. The molecule has 0 aliphatic rings. The van der Waals surface area contributed by atoms with Crippen molar-refractivity contribution < 1.29 is 9.47 Å². The molecule has 0 atom stereocenters. The van der Waals surface area contributed by atoms with Gasteiger partial charge in [-0.05, 0) is 6.07 Å². The Labute approximate surface area is 83.3 Å². The fourth-order valence-electron chi connectivity index (χ4n) is 1.22. The van der Waals surface area contributed by atoms with Crippen LogP contribution in [0, 0.1) is 6.57 Å². The van der Waals surface area contributed by atoms with Crippen molar-refractivity contribution in [1.82, 2.24) is 4.98 Å². The largest absolute Gasteiger partial charge is 0.496 e. The van der Waals surface area contributed by atoms with Gasteiger partial charge in [-0.15, -0.1) is 0 Å². The fourth-order valence-corrected chi connectivity index (χ4v) is 1.22. The Morgan fingerprint density at radius 1 is 1.43 bits per heavy atom. The van der Waals surface area contributed by atoms with Gasteiger partial charge in [0.1, 0.15) is 5.75 Å². The third kappa shape index (κ3) is 2.13. The van der Waals surface area contributed by atoms with Gasteiger partial charge in [0.2, 0.25) is 12.4 Å². The van der Waals surface area contributed by atoms with Crippen LogP contribution >= 0.6 is 0 Å². The summed E-state index contributed by atoms with van der Waals surface area (Å²) in [5.41, 5.74) is 0.855. The van der Waals surface area contributed by atoms with Crippen LogP contribution in [-0.4, -0.2) is 25.7 Å². The van der Waals surface area contributed by atoms with E-state index in [4.69, 9.17) is 16.0 Å². The van der Waals surface area contributed by atoms with Gasteiger partial charge in [0, 0.05) is 6.20 Å². The second kappa shape index (κ2) is 5.07. The Morgan fingerprint density at radius 3 is 2.79 bits per heavy atom. The van der Waals surface area contributed by atoms with E-state index in [1.807, 2.05) is 0 Å². The molecule has 1 rings (SSSR count). The van der Waals surface area contributed by atoms with Crippen LogP contribution in [0.25, 0.3) is 4.85 Å². The molecule has 0 aliphatic carbocycles. The average Bonchev–Trinajstić information content (AvgIpc) is 2.25. The van der Waals surface area contributed by atoms with Gasteiger partial charge >= 0.3 is 0 Å². The molecule has 0 radical (unpaired) electrons. The lowest BCUT2D eigenvalue weighted by Crippen LogP contribution is -2.00. The molecule has 0 unspecified atom stereocenters. The maximum absolute atomic E-state index is 6.73. The molecule has 0 aliphatic heterocycles. The molecule has 0 saturated carbocycles. The molecule has 74 valence electrons. The van der Waals surface area contributed by atoms with E-state index in [9.17, 15) is 0 Å². The quantitative estimate of drug-likeness (QED) is 0.679. The summed E-state index contributed by atoms with van der Waals surface area (Å²) >= 11 is 0. The molecule has 1 heterocycles. The summed E-state index contributed by atoms with van der Waals surface area (Å²) in [6, 6.07) is 1.77. The predicted molar refractivity (Wildman–Crippen MR) is 52.5 cm³/mol. The standard InChI is InChI=1S/C10H12N2O2/c1-11-6-4-8-9(13-2)5-7-12-10(8)14-3/h5,7H,4,6H2,2-3H3. The van der Waals surface area contributed by atoms with Crippen molar-refractivity contribution in [1.29, 1.82) is 0 Å². The summed E-state index contributed by atoms with van der Waals surface area (Å²) in [5.74, 6) is 1.26. The summed E-state index contributed by atoms with van der Waals surface area (Å²) < 4.78 is 10.3. The molecule has 4 heteroatoms. The SMILES string of the molecule is [C-]#[N+]CCc1c(OC)ccnc1OC. The third-order valence-corrected chi connectivity index (χ3v) is 1.86. The van der Waals surface area contributed by atoms with Gasteiger partial charge in [-0.2, -0.15) is 0 Å². The third-order valence-electron chi connectivity index (χ3n) is 1.86. The number of ether oxygens (including phenoxy) is 2. The molecule has 0 N–H and O–H groups in total. The van der Waals surface area contributed by atoms with Crippen LogP contribution in [0.5, 0.6) is 11.6 Å². The second-order valence-electron chi connectivity index (χ2n) is 2.63. The minimum absolute atomic E-state index is 0.415. The van der Waals surface area contributed by atoms with Crippen molar-refractivity contribution in [2.45, 2.75) is 6.42 Å². The zero-order valence-electron chi connectivity index (χ0n) is 8.28. The molecule has 0 bridgehead atoms. The van der Waals surface area contributed by atoms with Crippen LogP contribution in [0.1, 0.15) is 5.56 Å². The van der Waals surface area contributed by atoms with Crippen molar-refractivity contribution in [3.8, 4) is 11.6 Å². The normalized spacial score (nSPS) is 9.21. The smallest absolute Gasteiger partial charge is 0.220 e. The molecule has 0 amide bonds. The lowest BCUT2D eigenvalue weighted by Gasteiger charge is -2.09. The molecular formula is C10H12N2O2. The average molecular weight is 192 g/mol. The Balaban J connectivity index is 3.00. The zero-order valence-corrected chi connectivity index (χ0v) is 8.28. The van der Waals surface area contributed by atoms with Crippen molar-refractivity contribution in [3.63, 3.8) is 0 Å². The highest BCUT2D eigenvalue weighted by molar-refractivity contribution is 5.40. The number of hydrogen-bond donors (Lipinski definition) is 0. The van der Waals surface area contributed by atoms with Gasteiger partial charge in [-0.1, -0.05) is 0 Å². The Hall–Kier alpha value is -1.76. The van der Waals surface area contributed by atoms with E-state index >= 15 is 0 Å². The number of methoxy groups -OCH3 is 2. The van der Waals surface area contributed by atoms with Gasteiger partial charge in [-0.25, -0.2) is 11.6 Å². The molecule has 0 fully saturated rings. The Kier molecular flexibility index (Phi) is 3.74. The Bertz CT molecular complexity index is 322. The van der Waals surface area contributed by atoms with Gasteiger partial charge in [0.15, 0.2) is 0 Å². The van der Waals surface area contributed by atoms with E-state index in [0.717, 1.165) is 11.3 Å².